The maximum Gasteiger partial charge on any atom is 0.153 e. The molecule has 7 aromatic rings. The molecule has 0 amide bonds. The van der Waals surface area contributed by atoms with Crippen molar-refractivity contribution in [1.29, 1.82) is 0 Å². The Balaban J connectivity index is 0.000000149. The molecule has 0 fully saturated rings. The van der Waals surface area contributed by atoms with Crippen molar-refractivity contribution in [2.45, 2.75) is 0 Å². The van der Waals surface area contributed by atoms with Gasteiger partial charge < -0.3 is 29.2 Å². The van der Waals surface area contributed by atoms with Crippen LogP contribution in [0.15, 0.2) is 127 Å². The molecule has 0 bridgehead atoms. The molecule has 0 atom stereocenters. The lowest BCUT2D eigenvalue weighted by Crippen LogP contribution is -2.16. The average molecular weight is 867 g/mol. The van der Waals surface area contributed by atoms with E-state index in [9.17, 15) is 10.2 Å². The predicted octanol–water partition coefficient (Wildman–Crippen LogP) is 12.3. The molecule has 0 saturated heterocycles. The van der Waals surface area contributed by atoms with Gasteiger partial charge in [0, 0.05) is 11.1 Å². The van der Waals surface area contributed by atoms with Gasteiger partial charge in [0.05, 0.1) is 22.3 Å². The molecule has 0 spiro atoms. The highest BCUT2D eigenvalue weighted by Crippen LogP contribution is 2.55. The molecule has 1 aromatic heterocycles. The smallest absolute Gasteiger partial charge is 0.153 e. The van der Waals surface area contributed by atoms with Crippen LogP contribution in [0.2, 0.25) is 5.02 Å². The van der Waals surface area contributed by atoms with E-state index in [2.05, 4.69) is 55.8 Å². The van der Waals surface area contributed by atoms with Crippen LogP contribution in [0, 0.1) is 0 Å². The van der Waals surface area contributed by atoms with Crippen molar-refractivity contribution in [3.05, 3.63) is 132 Å². The molecule has 9 rings (SSSR count). The molecule has 0 radical (unpaired) electrons. The molecule has 3 heterocycles. The second-order valence-electron chi connectivity index (χ2n) is 10.2. The maximum absolute atomic E-state index is 10.3. The largest absolute Gasteiger partial charge is 0.507 e. The van der Waals surface area contributed by atoms with Gasteiger partial charge >= 0.3 is 0 Å². The van der Waals surface area contributed by atoms with E-state index in [0.29, 0.717) is 11.4 Å². The van der Waals surface area contributed by atoms with Gasteiger partial charge in [-0.3, -0.25) is 0 Å². The Morgan fingerprint density at radius 2 is 1.11 bits per heavy atom. The minimum Gasteiger partial charge on any atom is -0.507 e. The van der Waals surface area contributed by atoms with Gasteiger partial charge in [-0.25, -0.2) is 0 Å². The number of nitrogens with zero attached hydrogens (tertiary/aromatic N) is 2. The van der Waals surface area contributed by atoms with Crippen LogP contribution in [0.5, 0.6) is 34.5 Å². The first-order chi connectivity index (χ1) is 23.1. The number of para-hydroxylation sites is 6. The van der Waals surface area contributed by atoms with Gasteiger partial charge in [-0.1, -0.05) is 117 Å². The van der Waals surface area contributed by atoms with E-state index >= 15 is 0 Å². The third-order valence-corrected chi connectivity index (χ3v) is 8.08. The number of phenols is 2. The van der Waals surface area contributed by atoms with Crippen LogP contribution >= 0.6 is 56.8 Å². The summed E-state index contributed by atoms with van der Waals surface area (Å²) in [6.45, 7) is 0. The number of halogens is 3. The highest BCUT2D eigenvalue weighted by Gasteiger charge is 2.29. The zero-order valence-corrected chi connectivity index (χ0v) is 30.4. The molecule has 6 nitrogen and oxygen atoms in total. The van der Waals surface area contributed by atoms with Crippen molar-refractivity contribution >= 4 is 95.7 Å². The Bertz CT molecular complexity index is 2200. The molecule has 47 heavy (non-hydrogen) atoms. The summed E-state index contributed by atoms with van der Waals surface area (Å²) in [6, 6.07) is 40.5. The lowest BCUT2D eigenvalue weighted by atomic mass is 10.1. The van der Waals surface area contributed by atoms with Gasteiger partial charge in [-0.15, -0.1) is 0 Å². The third-order valence-electron chi connectivity index (χ3n) is 7.71. The van der Waals surface area contributed by atoms with Crippen LogP contribution in [0.25, 0.3) is 27.5 Å². The van der Waals surface area contributed by atoms with E-state index in [4.69, 9.17) is 21.1 Å². The van der Waals surface area contributed by atoms with Gasteiger partial charge in [-0.2, -0.15) is 0 Å². The van der Waals surface area contributed by atoms with Crippen molar-refractivity contribution in [2.75, 3.05) is 14.8 Å². The second-order valence-corrected chi connectivity index (χ2v) is 10.6. The fraction of sp³-hybridized carbons (Fsp3) is 0.0526. The Morgan fingerprint density at radius 1 is 0.553 bits per heavy atom. The van der Waals surface area contributed by atoms with Crippen LogP contribution < -0.4 is 14.4 Å². The van der Waals surface area contributed by atoms with Crippen LogP contribution in [0.3, 0.4) is 0 Å². The zero-order valence-electron chi connectivity index (χ0n) is 25.4. The van der Waals surface area contributed by atoms with Gasteiger partial charge in [-0.05, 0) is 76.6 Å². The molecule has 6 aromatic carbocycles. The third kappa shape index (κ3) is 5.83. The van der Waals surface area contributed by atoms with Crippen molar-refractivity contribution in [3.8, 4) is 40.2 Å². The fourth-order valence-electron chi connectivity index (χ4n) is 5.87. The minimum atomic E-state index is 0.0318. The molecule has 2 aliphatic heterocycles. The van der Waals surface area contributed by atoms with Gasteiger partial charge in [0.2, 0.25) is 0 Å². The summed E-state index contributed by atoms with van der Waals surface area (Å²) in [5.74, 6) is 3.29. The molecule has 0 unspecified atom stereocenters. The van der Waals surface area contributed by atoms with Gasteiger partial charge in [0.25, 0.3) is 0 Å². The second kappa shape index (κ2) is 14.3. The quantitative estimate of drug-likeness (QED) is 0.127. The van der Waals surface area contributed by atoms with Crippen LogP contribution in [-0.4, -0.2) is 24.6 Å². The van der Waals surface area contributed by atoms with Gasteiger partial charge in [0.1, 0.15) is 27.7 Å². The number of aromatic hydroxyl groups is 2. The molecule has 9 heteroatoms. The number of ether oxygens (including phenoxy) is 2. The van der Waals surface area contributed by atoms with Gasteiger partial charge in [0.15, 0.2) is 23.0 Å². The Morgan fingerprint density at radius 3 is 1.85 bits per heavy atom. The van der Waals surface area contributed by atoms with E-state index in [0.717, 1.165) is 56.1 Å². The van der Waals surface area contributed by atoms with Crippen molar-refractivity contribution in [2.24, 2.45) is 0 Å². The highest BCUT2D eigenvalue weighted by atomic mass is 127. The lowest BCUT2D eigenvalue weighted by Gasteiger charge is -2.33. The number of anilines is 3. The van der Waals surface area contributed by atoms with Crippen LogP contribution in [0.1, 0.15) is 0 Å². The highest BCUT2D eigenvalue weighted by molar-refractivity contribution is 14.1. The topological polar surface area (TPSA) is 67.1 Å². The van der Waals surface area contributed by atoms with Crippen LogP contribution in [-0.2, 0) is 0 Å². The van der Waals surface area contributed by atoms with E-state index in [1.54, 1.807) is 12.1 Å². The number of rotatable bonds is 1. The summed E-state index contributed by atoms with van der Waals surface area (Å²) in [5, 5.41) is 22.4. The monoisotopic (exact) mass is 866 g/mol. The van der Waals surface area contributed by atoms with E-state index < -0.39 is 0 Å². The summed E-state index contributed by atoms with van der Waals surface area (Å²) in [4.78, 5) is 5.94. The predicted molar refractivity (Wildman–Crippen MR) is 210 cm³/mol. The molecule has 2 aliphatic rings. The first-order valence-corrected chi connectivity index (χ1v) is 19.2. The standard InChI is InChI=1S/C18H12ClNO2.C18H11NO2.2CH3I/c19-17-14(21)10-11-16-18(17)20(12-6-2-1-3-7-12)13-8-4-5-9-15(13)22-16;20-14-9-10-16-18-17(14)11-5-1-2-6-12(11)19(18)13-7-3-4-8-15(13)21-16;2*1-2/h1-11,21H;1-10,20H;2*1H3. The Hall–Kier alpha value is -4.13. The van der Waals surface area contributed by atoms with Crippen molar-refractivity contribution in [3.63, 3.8) is 0 Å². The van der Waals surface area contributed by atoms with E-state index in [-0.39, 0.29) is 16.5 Å². The maximum atomic E-state index is 10.3. The van der Waals surface area contributed by atoms with E-state index in [1.165, 1.54) is 6.07 Å². The summed E-state index contributed by atoms with van der Waals surface area (Å²) >= 11 is 10.7. The normalized spacial score (nSPS) is 11.6. The number of hydrogen-bond acceptors (Lipinski definition) is 5. The summed E-state index contributed by atoms with van der Waals surface area (Å²) in [6.07, 6.45) is 0. The first-order valence-electron chi connectivity index (χ1n) is 14.5. The van der Waals surface area contributed by atoms with Crippen LogP contribution in [0.4, 0.5) is 17.1 Å². The zero-order chi connectivity index (χ0) is 33.1. The number of phenolic OH excluding ortho intramolecular Hbond substituents is 2. The molecular weight excluding hydrogens is 838 g/mol. The summed E-state index contributed by atoms with van der Waals surface area (Å²) in [7, 11) is 0. The Labute approximate surface area is 305 Å². The molecular formula is C38H29ClI2N2O4. The first kappa shape index (κ1) is 32.8. The molecule has 0 saturated carbocycles. The van der Waals surface area contributed by atoms with Crippen molar-refractivity contribution in [1.82, 2.24) is 4.57 Å². The number of alkyl halides is 2. The molecule has 236 valence electrons. The van der Waals surface area contributed by atoms with Crippen molar-refractivity contribution < 1.29 is 19.7 Å². The summed E-state index contributed by atoms with van der Waals surface area (Å²) < 4.78 is 14.1. The number of benzene rings is 6. The van der Waals surface area contributed by atoms with E-state index in [1.807, 2.05) is 118 Å². The lowest BCUT2D eigenvalue weighted by molar-refractivity contribution is 0.461. The minimum absolute atomic E-state index is 0.0318. The SMILES string of the molecule is CI.CI.Oc1ccc2c(c1Cl)N(c1ccccc1)c1ccccc1O2.Oc1ccc2c3c1c1ccccc1n3-c1ccccc1O2. The fourth-order valence-corrected chi connectivity index (χ4v) is 6.11. The molecule has 0 aliphatic carbocycles. The Kier molecular flexibility index (Phi) is 10.00. The molecule has 2 N–H and O–H groups in total. The average Bonchev–Trinajstić information content (AvgIpc) is 3.50. The number of aromatic nitrogens is 1. The summed E-state index contributed by atoms with van der Waals surface area (Å²) in [5.41, 5.74) is 5.48. The number of fused-ring (bicyclic) bond motifs is 7. The number of hydrogen-bond donors (Lipinski definition) is 2.